The number of ether oxygens (including phenoxy) is 1. The van der Waals surface area contributed by atoms with Crippen LogP contribution < -0.4 is 4.74 Å². The number of alkyl halides is 4. The lowest BCUT2D eigenvalue weighted by atomic mass is 9.79. The standard InChI is InChI=1S/C25H30F4N2O2/c1-24(2)12-19-11-20(32)5-8-22(19)23(31(24)16-25(27,28)29)18-3-6-21(7-4-18)33-10-9-30-14-17(13-26)15-30/h3-8,11,17,23,32H,9-10,12-16H2,1-2H3/t23-/m1/s1. The highest BCUT2D eigenvalue weighted by Crippen LogP contribution is 2.44. The summed E-state index contributed by atoms with van der Waals surface area (Å²) in [5, 5.41) is 9.94. The van der Waals surface area contributed by atoms with E-state index in [1.54, 1.807) is 38.1 Å². The normalized spacial score (nSPS) is 21.5. The first-order valence-electron chi connectivity index (χ1n) is 11.2. The van der Waals surface area contributed by atoms with Gasteiger partial charge in [0.05, 0.1) is 19.3 Å². The highest BCUT2D eigenvalue weighted by atomic mass is 19.4. The summed E-state index contributed by atoms with van der Waals surface area (Å²) in [6.45, 7) is 4.98. The number of rotatable bonds is 7. The van der Waals surface area contributed by atoms with E-state index in [1.807, 2.05) is 12.1 Å². The fourth-order valence-corrected chi connectivity index (χ4v) is 4.95. The molecule has 2 aromatic rings. The van der Waals surface area contributed by atoms with E-state index in [-0.39, 0.29) is 18.3 Å². The quantitative estimate of drug-likeness (QED) is 0.585. The fraction of sp³-hybridized carbons (Fsp3) is 0.520. The van der Waals surface area contributed by atoms with Crippen molar-refractivity contribution in [3.8, 4) is 11.5 Å². The first-order valence-corrected chi connectivity index (χ1v) is 11.2. The van der Waals surface area contributed by atoms with Gasteiger partial charge in [-0.2, -0.15) is 13.2 Å². The van der Waals surface area contributed by atoms with Crippen LogP contribution in [0.1, 0.15) is 36.6 Å². The number of likely N-dealkylation sites (tertiary alicyclic amines) is 1. The number of hydrogen-bond donors (Lipinski definition) is 1. The molecular formula is C25H30F4N2O2. The molecule has 1 fully saturated rings. The maximum atomic E-state index is 13.5. The van der Waals surface area contributed by atoms with Crippen molar-refractivity contribution >= 4 is 0 Å². The minimum absolute atomic E-state index is 0.108. The molecule has 2 aliphatic rings. The van der Waals surface area contributed by atoms with E-state index in [9.17, 15) is 22.7 Å². The van der Waals surface area contributed by atoms with Crippen molar-refractivity contribution in [3.63, 3.8) is 0 Å². The highest BCUT2D eigenvalue weighted by Gasteiger charge is 2.45. The molecule has 2 aliphatic heterocycles. The van der Waals surface area contributed by atoms with Crippen LogP contribution in [0.2, 0.25) is 0 Å². The summed E-state index contributed by atoms with van der Waals surface area (Å²) in [7, 11) is 0. The van der Waals surface area contributed by atoms with Crippen LogP contribution in [0.4, 0.5) is 17.6 Å². The van der Waals surface area contributed by atoms with Gasteiger partial charge in [0.2, 0.25) is 0 Å². The van der Waals surface area contributed by atoms with Crippen molar-refractivity contribution in [2.24, 2.45) is 5.92 Å². The molecule has 0 saturated carbocycles. The third-order valence-electron chi connectivity index (χ3n) is 6.61. The number of hydrogen-bond acceptors (Lipinski definition) is 4. The van der Waals surface area contributed by atoms with Crippen molar-refractivity contribution in [2.45, 2.75) is 38.0 Å². The summed E-state index contributed by atoms with van der Waals surface area (Å²) in [5.74, 6) is 0.884. The molecule has 1 saturated heterocycles. The van der Waals surface area contributed by atoms with E-state index in [2.05, 4.69) is 4.90 Å². The number of fused-ring (bicyclic) bond motifs is 1. The van der Waals surface area contributed by atoms with Crippen molar-refractivity contribution in [1.82, 2.24) is 9.80 Å². The molecule has 180 valence electrons. The van der Waals surface area contributed by atoms with E-state index in [1.165, 1.54) is 11.0 Å². The van der Waals surface area contributed by atoms with Gasteiger partial charge in [0.25, 0.3) is 0 Å². The second-order valence-electron chi connectivity index (χ2n) is 9.72. The van der Waals surface area contributed by atoms with Gasteiger partial charge in [0, 0.05) is 31.1 Å². The van der Waals surface area contributed by atoms with Gasteiger partial charge >= 0.3 is 6.18 Å². The van der Waals surface area contributed by atoms with Gasteiger partial charge in [0.1, 0.15) is 18.1 Å². The summed E-state index contributed by atoms with van der Waals surface area (Å²) >= 11 is 0. The third kappa shape index (κ3) is 5.44. The summed E-state index contributed by atoms with van der Waals surface area (Å²) in [6.07, 6.45) is -3.94. The van der Waals surface area contributed by atoms with Gasteiger partial charge in [-0.3, -0.25) is 14.2 Å². The molecule has 0 radical (unpaired) electrons. The van der Waals surface area contributed by atoms with Gasteiger partial charge in [-0.25, -0.2) is 0 Å². The first kappa shape index (κ1) is 23.8. The Labute approximate surface area is 191 Å². The Kier molecular flexibility index (Phi) is 6.60. The van der Waals surface area contributed by atoms with E-state index < -0.39 is 24.3 Å². The Bertz CT molecular complexity index is 956. The van der Waals surface area contributed by atoms with Crippen LogP contribution in [0, 0.1) is 5.92 Å². The lowest BCUT2D eigenvalue weighted by Crippen LogP contribution is -2.54. The summed E-state index contributed by atoms with van der Waals surface area (Å²) in [6, 6.07) is 11.5. The minimum atomic E-state index is -4.34. The Balaban J connectivity index is 1.54. The third-order valence-corrected chi connectivity index (χ3v) is 6.61. The van der Waals surface area contributed by atoms with Crippen LogP contribution in [0.15, 0.2) is 42.5 Å². The van der Waals surface area contributed by atoms with Crippen molar-refractivity contribution in [3.05, 3.63) is 59.2 Å². The number of phenols is 1. The second-order valence-corrected chi connectivity index (χ2v) is 9.72. The summed E-state index contributed by atoms with van der Waals surface area (Å²) in [4.78, 5) is 3.62. The van der Waals surface area contributed by atoms with E-state index in [0.717, 1.165) is 29.8 Å². The lowest BCUT2D eigenvalue weighted by molar-refractivity contribution is -0.164. The molecule has 8 heteroatoms. The Hall–Kier alpha value is -2.32. The molecule has 4 rings (SSSR count). The smallest absolute Gasteiger partial charge is 0.401 e. The zero-order chi connectivity index (χ0) is 23.8. The predicted octanol–water partition coefficient (Wildman–Crippen LogP) is 4.96. The molecular weight excluding hydrogens is 436 g/mol. The molecule has 0 spiro atoms. The molecule has 4 nitrogen and oxygen atoms in total. The summed E-state index contributed by atoms with van der Waals surface area (Å²) in [5.41, 5.74) is 1.60. The maximum Gasteiger partial charge on any atom is 0.401 e. The predicted molar refractivity (Wildman–Crippen MR) is 118 cm³/mol. The maximum absolute atomic E-state index is 13.5. The first-order chi connectivity index (χ1) is 15.6. The minimum Gasteiger partial charge on any atom is -0.508 e. The van der Waals surface area contributed by atoms with Crippen LogP contribution in [0.3, 0.4) is 0 Å². The monoisotopic (exact) mass is 466 g/mol. The molecule has 2 aromatic carbocycles. The van der Waals surface area contributed by atoms with Crippen LogP contribution in [0.25, 0.3) is 0 Å². The van der Waals surface area contributed by atoms with Crippen molar-refractivity contribution < 1.29 is 27.4 Å². The molecule has 0 unspecified atom stereocenters. The van der Waals surface area contributed by atoms with E-state index in [4.69, 9.17) is 4.74 Å². The number of phenolic OH excluding ortho intramolecular Hbond substituents is 1. The number of benzene rings is 2. The average Bonchev–Trinajstić information content (AvgIpc) is 2.70. The van der Waals surface area contributed by atoms with Crippen molar-refractivity contribution in [1.29, 1.82) is 0 Å². The zero-order valence-corrected chi connectivity index (χ0v) is 18.9. The van der Waals surface area contributed by atoms with E-state index >= 15 is 0 Å². The van der Waals surface area contributed by atoms with Gasteiger partial charge in [0.15, 0.2) is 0 Å². The second kappa shape index (κ2) is 9.14. The molecule has 1 atom stereocenters. The largest absolute Gasteiger partial charge is 0.508 e. The summed E-state index contributed by atoms with van der Waals surface area (Å²) < 4.78 is 58.9. The highest BCUT2D eigenvalue weighted by molar-refractivity contribution is 5.45. The van der Waals surface area contributed by atoms with Crippen LogP contribution >= 0.6 is 0 Å². The molecule has 0 bridgehead atoms. The molecule has 0 aliphatic carbocycles. The number of nitrogens with zero attached hydrogens (tertiary/aromatic N) is 2. The van der Waals surface area contributed by atoms with E-state index in [0.29, 0.717) is 25.3 Å². The fourth-order valence-electron chi connectivity index (χ4n) is 4.95. The molecule has 0 aromatic heterocycles. The lowest BCUT2D eigenvalue weighted by Gasteiger charge is -2.49. The molecule has 1 N–H and O–H groups in total. The van der Waals surface area contributed by atoms with Crippen LogP contribution in [-0.2, 0) is 6.42 Å². The molecule has 0 amide bonds. The Morgan fingerprint density at radius 2 is 1.79 bits per heavy atom. The Morgan fingerprint density at radius 3 is 2.42 bits per heavy atom. The number of aromatic hydroxyl groups is 1. The van der Waals surface area contributed by atoms with Gasteiger partial charge in [-0.05, 0) is 61.2 Å². The van der Waals surface area contributed by atoms with Gasteiger partial charge in [-0.1, -0.05) is 18.2 Å². The van der Waals surface area contributed by atoms with Gasteiger partial charge < -0.3 is 9.84 Å². The Morgan fingerprint density at radius 1 is 1.09 bits per heavy atom. The average molecular weight is 467 g/mol. The van der Waals surface area contributed by atoms with Gasteiger partial charge in [-0.15, -0.1) is 0 Å². The SMILES string of the molecule is CC1(C)Cc2cc(O)ccc2[C@@H](c2ccc(OCCN3CC(CF)C3)cc2)N1CC(F)(F)F. The zero-order valence-electron chi connectivity index (χ0n) is 18.9. The number of halogens is 4. The molecule has 33 heavy (non-hydrogen) atoms. The van der Waals surface area contributed by atoms with Crippen LogP contribution in [0.5, 0.6) is 11.5 Å². The molecule has 2 heterocycles. The topological polar surface area (TPSA) is 35.9 Å². The van der Waals surface area contributed by atoms with Crippen molar-refractivity contribution in [2.75, 3.05) is 39.5 Å². The van der Waals surface area contributed by atoms with Crippen LogP contribution in [-0.4, -0.2) is 66.1 Å².